The van der Waals surface area contributed by atoms with E-state index in [-0.39, 0.29) is 23.4 Å². The standard InChI is InChI=1S/C20H15F4N3O4/c1-9-11(3-2-4-14(9)25)19(26)27-31-20(28)15-6-5-10(30-15)8-29-18-16(23)12(21)7-13(22)17(18)24/h2-7H,8,25H2,1H3,(H2,26,27). The van der Waals surface area contributed by atoms with Crippen LogP contribution in [-0.2, 0) is 11.4 Å². The number of rotatable bonds is 6. The van der Waals surface area contributed by atoms with Crippen LogP contribution in [0.15, 0.2) is 46.0 Å². The van der Waals surface area contributed by atoms with Crippen LogP contribution in [-0.4, -0.2) is 11.8 Å². The zero-order valence-electron chi connectivity index (χ0n) is 15.9. The number of anilines is 1. The molecule has 0 atom stereocenters. The van der Waals surface area contributed by atoms with Crippen LogP contribution in [0.3, 0.4) is 0 Å². The molecular formula is C20H15F4N3O4. The van der Waals surface area contributed by atoms with Crippen molar-refractivity contribution >= 4 is 17.5 Å². The number of carbonyl (C=O) groups excluding carboxylic acids is 1. The van der Waals surface area contributed by atoms with Gasteiger partial charge in [-0.2, -0.15) is 8.78 Å². The van der Waals surface area contributed by atoms with E-state index in [9.17, 15) is 22.4 Å². The number of nitrogens with zero attached hydrogens (tertiary/aromatic N) is 1. The van der Waals surface area contributed by atoms with E-state index in [1.54, 1.807) is 25.1 Å². The highest BCUT2D eigenvalue weighted by Gasteiger charge is 2.21. The predicted octanol–water partition coefficient (Wildman–Crippen LogP) is 3.78. The number of hydrogen-bond donors (Lipinski definition) is 2. The van der Waals surface area contributed by atoms with Gasteiger partial charge in [0.2, 0.25) is 17.4 Å². The fourth-order valence-electron chi connectivity index (χ4n) is 2.50. The molecule has 7 nitrogen and oxygen atoms in total. The smallest absolute Gasteiger partial charge is 0.400 e. The third-order valence-electron chi connectivity index (χ3n) is 4.17. The molecule has 2 aromatic carbocycles. The zero-order valence-corrected chi connectivity index (χ0v) is 15.9. The average molecular weight is 437 g/mol. The summed E-state index contributed by atoms with van der Waals surface area (Å²) in [6.07, 6.45) is 0. The van der Waals surface area contributed by atoms with Gasteiger partial charge in [-0.05, 0) is 30.7 Å². The largest absolute Gasteiger partial charge is 0.479 e. The summed E-state index contributed by atoms with van der Waals surface area (Å²) in [5.74, 6) is -9.44. The number of ether oxygens (including phenoxy) is 1. The van der Waals surface area contributed by atoms with Crippen LogP contribution >= 0.6 is 0 Å². The monoisotopic (exact) mass is 437 g/mol. The Labute approximate surface area is 172 Å². The number of oxime groups is 1. The van der Waals surface area contributed by atoms with E-state index in [4.69, 9.17) is 25.5 Å². The second kappa shape index (κ2) is 8.78. The van der Waals surface area contributed by atoms with Crippen molar-refractivity contribution in [1.82, 2.24) is 0 Å². The van der Waals surface area contributed by atoms with Crippen LogP contribution in [0.4, 0.5) is 23.2 Å². The van der Waals surface area contributed by atoms with Crippen molar-refractivity contribution in [2.24, 2.45) is 10.9 Å². The lowest BCUT2D eigenvalue weighted by atomic mass is 10.1. The van der Waals surface area contributed by atoms with E-state index in [2.05, 4.69) is 5.16 Å². The molecule has 1 aromatic heterocycles. The van der Waals surface area contributed by atoms with Gasteiger partial charge >= 0.3 is 5.97 Å². The highest BCUT2D eigenvalue weighted by molar-refractivity contribution is 6.00. The lowest BCUT2D eigenvalue weighted by molar-refractivity contribution is 0.0475. The van der Waals surface area contributed by atoms with Crippen molar-refractivity contribution in [3.8, 4) is 5.75 Å². The summed E-state index contributed by atoms with van der Waals surface area (Å²) in [5, 5.41) is 3.53. The van der Waals surface area contributed by atoms with Crippen molar-refractivity contribution in [2.75, 3.05) is 5.73 Å². The Morgan fingerprint density at radius 2 is 1.77 bits per heavy atom. The van der Waals surface area contributed by atoms with E-state index in [1.165, 1.54) is 12.1 Å². The number of carbonyl (C=O) groups is 1. The molecule has 0 amide bonds. The summed E-state index contributed by atoms with van der Waals surface area (Å²) in [6, 6.07) is 7.41. The van der Waals surface area contributed by atoms with Crippen molar-refractivity contribution < 1.29 is 36.3 Å². The maximum absolute atomic E-state index is 13.6. The fourth-order valence-corrected chi connectivity index (χ4v) is 2.50. The summed E-state index contributed by atoms with van der Waals surface area (Å²) in [5.41, 5.74) is 13.2. The topological polar surface area (TPSA) is 113 Å². The van der Waals surface area contributed by atoms with Crippen LogP contribution in [0.2, 0.25) is 0 Å². The van der Waals surface area contributed by atoms with Gasteiger partial charge in [-0.25, -0.2) is 13.6 Å². The zero-order chi connectivity index (χ0) is 22.7. The van der Waals surface area contributed by atoms with Gasteiger partial charge in [0.15, 0.2) is 23.2 Å². The summed E-state index contributed by atoms with van der Waals surface area (Å²) in [7, 11) is 0. The maximum Gasteiger partial charge on any atom is 0.400 e. The lowest BCUT2D eigenvalue weighted by Crippen LogP contribution is -2.17. The minimum atomic E-state index is -1.70. The maximum atomic E-state index is 13.6. The number of amidine groups is 1. The number of benzene rings is 2. The highest BCUT2D eigenvalue weighted by Crippen LogP contribution is 2.27. The quantitative estimate of drug-likeness (QED) is 0.115. The minimum Gasteiger partial charge on any atom is -0.479 e. The molecular weight excluding hydrogens is 422 g/mol. The molecule has 0 spiro atoms. The first kappa shape index (κ1) is 21.7. The lowest BCUT2D eigenvalue weighted by Gasteiger charge is -2.08. The molecule has 31 heavy (non-hydrogen) atoms. The first-order valence-corrected chi connectivity index (χ1v) is 8.63. The molecule has 11 heteroatoms. The van der Waals surface area contributed by atoms with E-state index >= 15 is 0 Å². The Bertz CT molecular complexity index is 1150. The minimum absolute atomic E-state index is 0.0516. The Hall–Kier alpha value is -4.02. The second-order valence-electron chi connectivity index (χ2n) is 6.23. The number of nitrogen functional groups attached to an aromatic ring is 1. The molecule has 3 aromatic rings. The Kier molecular flexibility index (Phi) is 6.14. The van der Waals surface area contributed by atoms with E-state index in [0.29, 0.717) is 16.8 Å². The predicted molar refractivity (Wildman–Crippen MR) is 101 cm³/mol. The third-order valence-corrected chi connectivity index (χ3v) is 4.17. The van der Waals surface area contributed by atoms with Crippen molar-refractivity contribution in [1.29, 1.82) is 0 Å². The fraction of sp³-hybridized carbons (Fsp3) is 0.100. The summed E-state index contributed by atoms with van der Waals surface area (Å²) in [4.78, 5) is 16.8. The number of furan rings is 1. The van der Waals surface area contributed by atoms with Crippen molar-refractivity contribution in [2.45, 2.75) is 13.5 Å². The molecule has 0 aliphatic carbocycles. The van der Waals surface area contributed by atoms with Gasteiger partial charge in [0.1, 0.15) is 12.4 Å². The molecule has 0 saturated carbocycles. The number of halogens is 4. The third kappa shape index (κ3) is 4.60. The molecule has 162 valence electrons. The highest BCUT2D eigenvalue weighted by atomic mass is 19.2. The van der Waals surface area contributed by atoms with Crippen LogP contribution in [0, 0.1) is 30.2 Å². The molecule has 0 aliphatic rings. The van der Waals surface area contributed by atoms with Gasteiger partial charge < -0.3 is 25.5 Å². The second-order valence-corrected chi connectivity index (χ2v) is 6.23. The summed E-state index contributed by atoms with van der Waals surface area (Å²) >= 11 is 0. The number of hydrogen-bond acceptors (Lipinski definition) is 6. The van der Waals surface area contributed by atoms with E-state index < -0.39 is 41.6 Å². The van der Waals surface area contributed by atoms with Gasteiger partial charge in [0.25, 0.3) is 0 Å². The van der Waals surface area contributed by atoms with Crippen LogP contribution in [0.1, 0.15) is 27.4 Å². The molecule has 0 radical (unpaired) electrons. The Morgan fingerprint density at radius 3 is 2.45 bits per heavy atom. The van der Waals surface area contributed by atoms with Gasteiger partial charge in [0.05, 0.1) is 0 Å². The molecule has 0 aliphatic heterocycles. The molecule has 0 saturated heterocycles. The van der Waals surface area contributed by atoms with Gasteiger partial charge in [0, 0.05) is 17.3 Å². The van der Waals surface area contributed by atoms with Crippen molar-refractivity contribution in [3.63, 3.8) is 0 Å². The molecule has 3 rings (SSSR count). The van der Waals surface area contributed by atoms with E-state index in [1.807, 2.05) is 0 Å². The molecule has 0 fully saturated rings. The van der Waals surface area contributed by atoms with Gasteiger partial charge in [-0.3, -0.25) is 0 Å². The molecule has 1 heterocycles. The van der Waals surface area contributed by atoms with E-state index in [0.717, 1.165) is 0 Å². The van der Waals surface area contributed by atoms with Crippen LogP contribution in [0.25, 0.3) is 0 Å². The van der Waals surface area contributed by atoms with Crippen LogP contribution in [0.5, 0.6) is 5.75 Å². The first-order chi connectivity index (χ1) is 14.7. The normalized spacial score (nSPS) is 11.5. The van der Waals surface area contributed by atoms with Gasteiger partial charge in [-0.15, -0.1) is 0 Å². The average Bonchev–Trinajstić information content (AvgIpc) is 3.21. The molecule has 0 unspecified atom stereocenters. The molecule has 0 bridgehead atoms. The summed E-state index contributed by atoms with van der Waals surface area (Å²) < 4.78 is 63.5. The molecule has 4 N–H and O–H groups in total. The Balaban J connectivity index is 1.67. The SMILES string of the molecule is Cc1c(N)cccc1/C(N)=N/OC(=O)c1ccc(COc2c(F)c(F)cc(F)c2F)o1. The first-order valence-electron chi connectivity index (χ1n) is 8.63. The van der Waals surface area contributed by atoms with Crippen LogP contribution < -0.4 is 16.2 Å². The number of nitrogens with two attached hydrogens (primary N) is 2. The summed E-state index contributed by atoms with van der Waals surface area (Å²) in [6.45, 7) is 1.09. The Morgan fingerprint density at radius 1 is 1.10 bits per heavy atom. The van der Waals surface area contributed by atoms with Crippen molar-refractivity contribution in [3.05, 3.63) is 82.3 Å². The van der Waals surface area contributed by atoms with Gasteiger partial charge in [-0.1, -0.05) is 17.3 Å².